The number of benzene rings is 3. The topological polar surface area (TPSA) is 107 Å². The van der Waals surface area contributed by atoms with Gasteiger partial charge in [0, 0.05) is 4.47 Å². The van der Waals surface area contributed by atoms with Gasteiger partial charge in [-0.25, -0.2) is 9.59 Å². The zero-order chi connectivity index (χ0) is 24.6. The van der Waals surface area contributed by atoms with E-state index >= 15 is 0 Å². The summed E-state index contributed by atoms with van der Waals surface area (Å²) in [6.45, 7) is -1.88. The number of halogens is 5. The maximum absolute atomic E-state index is 13.4. The number of ether oxygens (including phenoxy) is 2. The summed E-state index contributed by atoms with van der Waals surface area (Å²) in [6, 6.07) is 11.9. The van der Waals surface area contributed by atoms with E-state index in [0.29, 0.717) is 8.95 Å². The van der Waals surface area contributed by atoms with Crippen LogP contribution in [0.3, 0.4) is 0 Å². The number of fused-ring (bicyclic) bond motifs is 1. The fourth-order valence-electron chi connectivity index (χ4n) is 2.74. The van der Waals surface area contributed by atoms with Gasteiger partial charge in [0.25, 0.3) is 0 Å². The van der Waals surface area contributed by atoms with Crippen molar-refractivity contribution >= 4 is 80.6 Å². The molecule has 3 aromatic rings. The lowest BCUT2D eigenvalue weighted by molar-refractivity contribution is -0.00937. The van der Waals surface area contributed by atoms with E-state index in [0.717, 1.165) is 4.47 Å². The third kappa shape index (κ3) is 5.60. The molecule has 0 aliphatic carbocycles. The largest absolute Gasteiger partial charge is 0.454 e. The standard InChI is InChI=1S/C20H11Br3F2O7S/c21-10-7-15(22)17(16(23)8-10)32-19(27)14-6-2-3-11-12(14)4-1-5-13(11)18(26)31-9-20(24,25)33(28,29)30/h1-8H,9H2,(H,28,29,30). The molecule has 3 rings (SSSR count). The Morgan fingerprint density at radius 2 is 1.39 bits per heavy atom. The monoisotopic (exact) mass is 670 g/mol. The van der Waals surface area contributed by atoms with Crippen LogP contribution in [0.1, 0.15) is 20.7 Å². The molecule has 0 amide bonds. The molecule has 0 aliphatic rings. The molecule has 0 bridgehead atoms. The van der Waals surface area contributed by atoms with Gasteiger partial charge in [0.2, 0.25) is 0 Å². The van der Waals surface area contributed by atoms with Crippen LogP contribution in [0.25, 0.3) is 10.8 Å². The lowest BCUT2D eigenvalue weighted by Gasteiger charge is -2.14. The van der Waals surface area contributed by atoms with Gasteiger partial charge >= 0.3 is 27.3 Å². The van der Waals surface area contributed by atoms with Crippen LogP contribution in [0.4, 0.5) is 8.78 Å². The molecule has 0 heterocycles. The molecule has 174 valence electrons. The number of alkyl halides is 2. The first-order valence-electron chi connectivity index (χ1n) is 8.72. The number of carbonyl (C=O) groups excluding carboxylic acids is 2. The quantitative estimate of drug-likeness (QED) is 0.195. The van der Waals surface area contributed by atoms with E-state index < -0.39 is 33.9 Å². The van der Waals surface area contributed by atoms with E-state index in [-0.39, 0.29) is 27.6 Å². The average Bonchev–Trinajstić information content (AvgIpc) is 2.72. The highest BCUT2D eigenvalue weighted by molar-refractivity contribution is 9.11. The summed E-state index contributed by atoms with van der Waals surface area (Å²) in [4.78, 5) is 25.2. The molecule has 0 aromatic heterocycles. The number of esters is 2. The van der Waals surface area contributed by atoms with E-state index in [9.17, 15) is 26.8 Å². The summed E-state index contributed by atoms with van der Waals surface area (Å²) in [6.07, 6.45) is 0. The minimum Gasteiger partial charge on any atom is -0.454 e. The van der Waals surface area contributed by atoms with Gasteiger partial charge in [0.05, 0.1) is 20.1 Å². The van der Waals surface area contributed by atoms with Crippen LogP contribution in [0.15, 0.2) is 61.9 Å². The second kappa shape index (κ2) is 9.74. The third-order valence-corrected chi connectivity index (χ3v) is 6.78. The first kappa shape index (κ1) is 25.7. The summed E-state index contributed by atoms with van der Waals surface area (Å²) >= 11 is 9.92. The molecular formula is C20H11Br3F2O7S. The first-order valence-corrected chi connectivity index (χ1v) is 12.5. The van der Waals surface area contributed by atoms with Crippen molar-refractivity contribution in [3.63, 3.8) is 0 Å². The molecule has 0 atom stereocenters. The van der Waals surface area contributed by atoms with Gasteiger partial charge < -0.3 is 9.47 Å². The van der Waals surface area contributed by atoms with Crippen LogP contribution >= 0.6 is 47.8 Å². The van der Waals surface area contributed by atoms with Crippen LogP contribution in [-0.2, 0) is 14.9 Å². The molecule has 13 heteroatoms. The molecule has 0 saturated heterocycles. The summed E-state index contributed by atoms with van der Waals surface area (Å²) < 4.78 is 68.4. The van der Waals surface area contributed by atoms with Crippen LogP contribution in [0.2, 0.25) is 0 Å². The van der Waals surface area contributed by atoms with Crippen molar-refractivity contribution < 1.29 is 40.8 Å². The van der Waals surface area contributed by atoms with Crippen molar-refractivity contribution in [1.29, 1.82) is 0 Å². The highest BCUT2D eigenvalue weighted by Gasteiger charge is 2.45. The van der Waals surface area contributed by atoms with Crippen LogP contribution in [-0.4, -0.2) is 36.8 Å². The smallest absolute Gasteiger partial charge is 0.402 e. The summed E-state index contributed by atoms with van der Waals surface area (Å²) in [5.41, 5.74) is -0.119. The van der Waals surface area contributed by atoms with E-state index in [1.165, 1.54) is 36.4 Å². The fraction of sp³-hybridized carbons (Fsp3) is 0.100. The highest BCUT2D eigenvalue weighted by Crippen LogP contribution is 2.37. The minimum atomic E-state index is -5.76. The van der Waals surface area contributed by atoms with Crippen LogP contribution < -0.4 is 4.74 Å². The maximum Gasteiger partial charge on any atom is 0.402 e. The molecule has 0 saturated carbocycles. The zero-order valence-corrected chi connectivity index (χ0v) is 21.6. The Bertz CT molecular complexity index is 1350. The van der Waals surface area contributed by atoms with Crippen LogP contribution in [0, 0.1) is 0 Å². The lowest BCUT2D eigenvalue weighted by Crippen LogP contribution is -2.34. The van der Waals surface area contributed by atoms with Gasteiger partial charge in [0.1, 0.15) is 0 Å². The summed E-state index contributed by atoms with van der Waals surface area (Å²) in [5, 5.41) is -4.22. The third-order valence-electron chi connectivity index (χ3n) is 4.27. The first-order chi connectivity index (χ1) is 15.3. The van der Waals surface area contributed by atoms with Crippen molar-refractivity contribution in [2.24, 2.45) is 0 Å². The normalized spacial score (nSPS) is 11.9. The molecular weight excluding hydrogens is 662 g/mol. The number of rotatable bonds is 6. The minimum absolute atomic E-state index is 0.0761. The van der Waals surface area contributed by atoms with E-state index in [1.54, 1.807) is 12.1 Å². The fourth-order valence-corrected chi connectivity index (χ4v) is 5.37. The van der Waals surface area contributed by atoms with Gasteiger partial charge in [0.15, 0.2) is 12.4 Å². The predicted molar refractivity (Wildman–Crippen MR) is 125 cm³/mol. The van der Waals surface area contributed by atoms with Crippen molar-refractivity contribution in [3.05, 3.63) is 73.1 Å². The van der Waals surface area contributed by atoms with E-state index in [1.807, 2.05) is 0 Å². The maximum atomic E-state index is 13.4. The number of carbonyl (C=O) groups is 2. The Morgan fingerprint density at radius 1 is 0.909 bits per heavy atom. The Balaban J connectivity index is 1.94. The molecule has 7 nitrogen and oxygen atoms in total. The second-order valence-electron chi connectivity index (χ2n) is 6.48. The van der Waals surface area contributed by atoms with Crippen molar-refractivity contribution in [3.8, 4) is 5.75 Å². The molecule has 0 fully saturated rings. The van der Waals surface area contributed by atoms with Gasteiger partial charge in [-0.3, -0.25) is 4.55 Å². The van der Waals surface area contributed by atoms with Crippen LogP contribution in [0.5, 0.6) is 5.75 Å². The Hall–Kier alpha value is -1.93. The highest BCUT2D eigenvalue weighted by atomic mass is 79.9. The SMILES string of the molecule is O=C(OCC(F)(F)S(=O)(=O)O)c1cccc2c(C(=O)Oc3c(Br)cc(Br)cc3Br)cccc12. The Kier molecular flexibility index (Phi) is 7.58. The predicted octanol–water partition coefficient (Wildman–Crippen LogP) is 5.98. The zero-order valence-electron chi connectivity index (χ0n) is 16.0. The lowest BCUT2D eigenvalue weighted by atomic mass is 10.00. The van der Waals surface area contributed by atoms with Gasteiger partial charge in [-0.2, -0.15) is 17.2 Å². The summed E-state index contributed by atoms with van der Waals surface area (Å²) in [7, 11) is -5.76. The van der Waals surface area contributed by atoms with Gasteiger partial charge in [-0.05, 0) is 66.9 Å². The number of hydrogen-bond donors (Lipinski definition) is 1. The Morgan fingerprint density at radius 3 is 1.88 bits per heavy atom. The molecule has 3 aromatic carbocycles. The van der Waals surface area contributed by atoms with Crippen molar-refractivity contribution in [1.82, 2.24) is 0 Å². The second-order valence-corrected chi connectivity index (χ2v) is 10.7. The number of hydrogen-bond acceptors (Lipinski definition) is 6. The molecule has 1 N–H and O–H groups in total. The molecule has 0 aliphatic heterocycles. The van der Waals surface area contributed by atoms with Gasteiger partial charge in [-0.1, -0.05) is 40.2 Å². The van der Waals surface area contributed by atoms with Crippen molar-refractivity contribution in [2.75, 3.05) is 6.61 Å². The van der Waals surface area contributed by atoms with E-state index in [2.05, 4.69) is 52.5 Å². The van der Waals surface area contributed by atoms with Crippen molar-refractivity contribution in [2.45, 2.75) is 5.25 Å². The Labute approximate surface area is 211 Å². The average molecular weight is 673 g/mol. The van der Waals surface area contributed by atoms with E-state index in [4.69, 9.17) is 9.29 Å². The molecule has 0 unspecified atom stereocenters. The van der Waals surface area contributed by atoms with Gasteiger partial charge in [-0.15, -0.1) is 0 Å². The summed E-state index contributed by atoms with van der Waals surface area (Å²) in [5.74, 6) is -1.82. The molecule has 0 spiro atoms. The molecule has 33 heavy (non-hydrogen) atoms. The molecule has 0 radical (unpaired) electrons.